The number of benzene rings is 2. The van der Waals surface area contributed by atoms with Gasteiger partial charge in [0, 0.05) is 30.5 Å². The lowest BCUT2D eigenvalue weighted by molar-refractivity contribution is -0.115. The molecule has 2 aromatic carbocycles. The van der Waals surface area contributed by atoms with Crippen LogP contribution in [0.3, 0.4) is 0 Å². The molecule has 132 valence electrons. The average Bonchev–Trinajstić information content (AvgIpc) is 2.64. The van der Waals surface area contributed by atoms with Crippen LogP contribution in [0.4, 0.5) is 11.4 Å². The van der Waals surface area contributed by atoms with Gasteiger partial charge >= 0.3 is 0 Å². The predicted molar refractivity (Wildman–Crippen MR) is 97.1 cm³/mol. The smallest absolute Gasteiger partial charge is 0.255 e. The largest absolute Gasteiger partial charge is 0.491 e. The summed E-state index contributed by atoms with van der Waals surface area (Å²) in [4.78, 5) is 23.6. The van der Waals surface area contributed by atoms with E-state index in [1.165, 1.54) is 0 Å². The number of amides is 2. The van der Waals surface area contributed by atoms with E-state index in [0.717, 1.165) is 0 Å². The number of hydrogen-bond acceptors (Lipinski definition) is 4. The number of carbonyl (C=O) groups excluding carboxylic acids is 2. The van der Waals surface area contributed by atoms with Crippen LogP contribution in [0.15, 0.2) is 48.5 Å². The van der Waals surface area contributed by atoms with Gasteiger partial charge in [0.15, 0.2) is 0 Å². The topological polar surface area (TPSA) is 76.7 Å². The van der Waals surface area contributed by atoms with Gasteiger partial charge in [-0.2, -0.15) is 0 Å². The minimum absolute atomic E-state index is 0.0513. The van der Waals surface area contributed by atoms with Gasteiger partial charge in [-0.15, -0.1) is 0 Å². The van der Waals surface area contributed by atoms with E-state index in [1.54, 1.807) is 62.6 Å². The molecule has 25 heavy (non-hydrogen) atoms. The number of carbonyl (C=O) groups is 2. The molecule has 0 saturated carbocycles. The third kappa shape index (κ3) is 5.93. The van der Waals surface area contributed by atoms with Gasteiger partial charge in [-0.1, -0.05) is 6.92 Å². The van der Waals surface area contributed by atoms with Gasteiger partial charge in [0.25, 0.3) is 5.91 Å². The highest BCUT2D eigenvalue weighted by atomic mass is 16.5. The summed E-state index contributed by atoms with van der Waals surface area (Å²) in [6.45, 7) is 2.76. The van der Waals surface area contributed by atoms with E-state index < -0.39 is 0 Å². The fourth-order valence-electron chi connectivity index (χ4n) is 2.03. The standard InChI is InChI=1S/C19H22N2O4/c1-3-18(22)20-15-6-8-16(9-7-15)21-19(23)14-4-10-17(11-5-14)25-13-12-24-2/h4-11H,3,12-13H2,1-2H3,(H,20,22)(H,21,23). The van der Waals surface area contributed by atoms with Gasteiger partial charge in [0.1, 0.15) is 12.4 Å². The number of methoxy groups -OCH3 is 1. The zero-order valence-electron chi connectivity index (χ0n) is 14.4. The fourth-order valence-corrected chi connectivity index (χ4v) is 2.03. The Morgan fingerprint density at radius 1 is 0.880 bits per heavy atom. The molecule has 0 bridgehead atoms. The van der Waals surface area contributed by atoms with E-state index in [1.807, 2.05) is 0 Å². The van der Waals surface area contributed by atoms with Crippen molar-refractivity contribution in [2.24, 2.45) is 0 Å². The monoisotopic (exact) mass is 342 g/mol. The van der Waals surface area contributed by atoms with Crippen molar-refractivity contribution in [3.63, 3.8) is 0 Å². The van der Waals surface area contributed by atoms with Crippen LogP contribution in [0, 0.1) is 0 Å². The molecule has 6 heteroatoms. The Kier molecular flexibility index (Phi) is 6.98. The number of anilines is 2. The Bertz CT molecular complexity index is 696. The maximum atomic E-state index is 12.3. The molecule has 0 aliphatic rings. The maximum Gasteiger partial charge on any atom is 0.255 e. The van der Waals surface area contributed by atoms with Crippen molar-refractivity contribution in [3.8, 4) is 5.75 Å². The summed E-state index contributed by atoms with van der Waals surface area (Å²) < 4.78 is 10.4. The van der Waals surface area contributed by atoms with Crippen LogP contribution in [0.5, 0.6) is 5.75 Å². The van der Waals surface area contributed by atoms with Crippen LogP contribution in [0.1, 0.15) is 23.7 Å². The Morgan fingerprint density at radius 2 is 1.48 bits per heavy atom. The number of ether oxygens (including phenoxy) is 2. The third-order valence-corrected chi connectivity index (χ3v) is 3.42. The molecule has 2 N–H and O–H groups in total. The van der Waals surface area contributed by atoms with Crippen molar-refractivity contribution < 1.29 is 19.1 Å². The molecular weight excluding hydrogens is 320 g/mol. The van der Waals surface area contributed by atoms with Crippen LogP contribution in [-0.4, -0.2) is 32.1 Å². The maximum absolute atomic E-state index is 12.3. The molecule has 2 amide bonds. The lowest BCUT2D eigenvalue weighted by Gasteiger charge is -2.09. The Labute approximate surface area is 147 Å². The number of rotatable bonds is 8. The first-order valence-electron chi connectivity index (χ1n) is 8.05. The number of hydrogen-bond donors (Lipinski definition) is 2. The molecular formula is C19H22N2O4. The van der Waals surface area contributed by atoms with E-state index in [9.17, 15) is 9.59 Å². The van der Waals surface area contributed by atoms with Crippen LogP contribution < -0.4 is 15.4 Å². The zero-order valence-corrected chi connectivity index (χ0v) is 14.4. The quantitative estimate of drug-likeness (QED) is 0.722. The van der Waals surface area contributed by atoms with Crippen molar-refractivity contribution in [2.45, 2.75) is 13.3 Å². The Hall–Kier alpha value is -2.86. The molecule has 2 rings (SSSR count). The summed E-state index contributed by atoms with van der Waals surface area (Å²) in [6, 6.07) is 13.9. The lowest BCUT2D eigenvalue weighted by Crippen LogP contribution is -2.12. The molecule has 0 unspecified atom stereocenters. The molecule has 0 atom stereocenters. The van der Waals surface area contributed by atoms with Crippen molar-refractivity contribution in [2.75, 3.05) is 31.0 Å². The molecule has 0 heterocycles. The summed E-state index contributed by atoms with van der Waals surface area (Å²) in [5, 5.41) is 5.57. The third-order valence-electron chi connectivity index (χ3n) is 3.42. The summed E-state index contributed by atoms with van der Waals surface area (Å²) >= 11 is 0. The van der Waals surface area contributed by atoms with Gasteiger partial charge in [0.05, 0.1) is 6.61 Å². The van der Waals surface area contributed by atoms with Crippen molar-refractivity contribution in [3.05, 3.63) is 54.1 Å². The molecule has 0 fully saturated rings. The van der Waals surface area contributed by atoms with E-state index in [0.29, 0.717) is 42.3 Å². The zero-order chi connectivity index (χ0) is 18.1. The first kappa shape index (κ1) is 18.5. The molecule has 0 radical (unpaired) electrons. The summed E-state index contributed by atoms with van der Waals surface area (Å²) in [5.74, 6) is 0.419. The van der Waals surface area contributed by atoms with Crippen LogP contribution in [0.2, 0.25) is 0 Å². The van der Waals surface area contributed by atoms with Crippen molar-refractivity contribution in [1.29, 1.82) is 0 Å². The fraction of sp³-hybridized carbons (Fsp3) is 0.263. The highest BCUT2D eigenvalue weighted by Crippen LogP contribution is 2.16. The first-order chi connectivity index (χ1) is 12.1. The SMILES string of the molecule is CCC(=O)Nc1ccc(NC(=O)c2ccc(OCCOC)cc2)cc1. The van der Waals surface area contributed by atoms with Gasteiger partial charge in [0.2, 0.25) is 5.91 Å². The van der Waals surface area contributed by atoms with Gasteiger partial charge < -0.3 is 20.1 Å². The number of nitrogens with one attached hydrogen (secondary N) is 2. The average molecular weight is 342 g/mol. The van der Waals surface area contributed by atoms with E-state index in [2.05, 4.69) is 10.6 Å². The van der Waals surface area contributed by atoms with Crippen LogP contribution >= 0.6 is 0 Å². The van der Waals surface area contributed by atoms with Crippen LogP contribution in [0.25, 0.3) is 0 Å². The summed E-state index contributed by atoms with van der Waals surface area (Å²) in [6.07, 6.45) is 0.420. The highest BCUT2D eigenvalue weighted by Gasteiger charge is 2.07. The van der Waals surface area contributed by atoms with E-state index in [-0.39, 0.29) is 11.8 Å². The molecule has 0 aliphatic carbocycles. The normalized spacial score (nSPS) is 10.2. The van der Waals surface area contributed by atoms with Gasteiger partial charge in [-0.25, -0.2) is 0 Å². The second-order valence-electron chi connectivity index (χ2n) is 5.30. The molecule has 0 aromatic heterocycles. The van der Waals surface area contributed by atoms with Crippen molar-refractivity contribution in [1.82, 2.24) is 0 Å². The van der Waals surface area contributed by atoms with E-state index >= 15 is 0 Å². The Balaban J connectivity index is 1.91. The molecule has 2 aromatic rings. The van der Waals surface area contributed by atoms with E-state index in [4.69, 9.17) is 9.47 Å². The second kappa shape index (κ2) is 9.44. The molecule has 0 saturated heterocycles. The van der Waals surface area contributed by atoms with Crippen molar-refractivity contribution >= 4 is 23.2 Å². The Morgan fingerprint density at radius 3 is 2.04 bits per heavy atom. The van der Waals surface area contributed by atoms with Gasteiger partial charge in [-0.05, 0) is 48.5 Å². The van der Waals surface area contributed by atoms with Crippen LogP contribution in [-0.2, 0) is 9.53 Å². The summed E-state index contributed by atoms with van der Waals surface area (Å²) in [5.41, 5.74) is 1.88. The lowest BCUT2D eigenvalue weighted by atomic mass is 10.2. The highest BCUT2D eigenvalue weighted by molar-refractivity contribution is 6.04. The molecule has 0 spiro atoms. The predicted octanol–water partition coefficient (Wildman–Crippen LogP) is 3.31. The minimum atomic E-state index is -0.214. The van der Waals surface area contributed by atoms with Gasteiger partial charge in [-0.3, -0.25) is 9.59 Å². The first-order valence-corrected chi connectivity index (χ1v) is 8.05. The summed E-state index contributed by atoms with van der Waals surface area (Å²) in [7, 11) is 1.61. The molecule has 0 aliphatic heterocycles. The molecule has 6 nitrogen and oxygen atoms in total. The second-order valence-corrected chi connectivity index (χ2v) is 5.30. The minimum Gasteiger partial charge on any atom is -0.491 e.